The summed E-state index contributed by atoms with van der Waals surface area (Å²) in [4.78, 5) is 22.5. The first-order valence-corrected chi connectivity index (χ1v) is 9.49. The van der Waals surface area contributed by atoms with E-state index in [2.05, 4.69) is 19.9 Å². The number of carbonyl (C=O) groups is 2. The summed E-state index contributed by atoms with van der Waals surface area (Å²) in [7, 11) is 0. The predicted molar refractivity (Wildman–Crippen MR) is 92.2 cm³/mol. The molecule has 4 aliphatic carbocycles. The van der Waals surface area contributed by atoms with Crippen molar-refractivity contribution in [3.63, 3.8) is 0 Å². The molecule has 5 unspecified atom stereocenters. The fourth-order valence-corrected chi connectivity index (χ4v) is 6.39. The van der Waals surface area contributed by atoms with Crippen LogP contribution in [0.15, 0.2) is 23.3 Å². The second-order valence-corrected chi connectivity index (χ2v) is 8.79. The third-order valence-electron chi connectivity index (χ3n) is 7.90. The van der Waals surface area contributed by atoms with E-state index in [1.165, 1.54) is 24.8 Å². The molecule has 0 saturated heterocycles. The molecule has 3 heteroatoms. The van der Waals surface area contributed by atoms with Gasteiger partial charge >= 0.3 is 0 Å². The van der Waals surface area contributed by atoms with Gasteiger partial charge in [0.15, 0.2) is 5.78 Å². The number of rotatable bonds is 3. The van der Waals surface area contributed by atoms with E-state index < -0.39 is 0 Å². The van der Waals surface area contributed by atoms with Gasteiger partial charge in [-0.1, -0.05) is 31.1 Å². The minimum atomic E-state index is 0.121. The zero-order chi connectivity index (χ0) is 16.9. The van der Waals surface area contributed by atoms with Crippen LogP contribution in [-0.2, 0) is 14.3 Å². The Balaban J connectivity index is 1.66. The number of hydrogen-bond acceptors (Lipinski definition) is 3. The zero-order valence-electron chi connectivity index (χ0n) is 14.8. The van der Waals surface area contributed by atoms with Crippen molar-refractivity contribution in [3.8, 4) is 0 Å². The van der Waals surface area contributed by atoms with Crippen LogP contribution in [-0.4, -0.2) is 18.9 Å². The monoisotopic (exact) mass is 328 g/mol. The summed E-state index contributed by atoms with van der Waals surface area (Å²) in [5, 5.41) is 0. The van der Waals surface area contributed by atoms with Crippen LogP contribution in [0, 0.1) is 28.6 Å². The minimum absolute atomic E-state index is 0.121. The number of allylic oxidation sites excluding steroid dienone is 4. The molecule has 0 N–H and O–H groups in total. The lowest BCUT2D eigenvalue weighted by atomic mass is 9.51. The smallest absolute Gasteiger partial charge is 0.293 e. The van der Waals surface area contributed by atoms with Crippen LogP contribution >= 0.6 is 0 Å². The highest BCUT2D eigenvalue weighted by atomic mass is 16.5. The van der Waals surface area contributed by atoms with Gasteiger partial charge in [0, 0.05) is 11.8 Å². The number of carbonyl (C=O) groups excluding carboxylic acids is 2. The Morgan fingerprint density at radius 3 is 2.88 bits per heavy atom. The fraction of sp³-hybridized carbons (Fsp3) is 0.714. The number of ketones is 1. The van der Waals surface area contributed by atoms with E-state index in [1.54, 1.807) is 5.57 Å². The molecular formula is C21H28O3. The Hall–Kier alpha value is -1.38. The molecule has 0 radical (unpaired) electrons. The third-order valence-corrected chi connectivity index (χ3v) is 7.90. The van der Waals surface area contributed by atoms with Crippen molar-refractivity contribution in [2.45, 2.75) is 58.8 Å². The quantitative estimate of drug-likeness (QED) is 0.575. The highest BCUT2D eigenvalue weighted by Crippen LogP contribution is 2.64. The SMILES string of the molecule is CC12CCC(=O)C=C1CCC1C2=CCC2(C)C(COC=O)CCC12. The number of ether oxygens (including phenoxy) is 1. The lowest BCUT2D eigenvalue weighted by molar-refractivity contribution is -0.131. The van der Waals surface area contributed by atoms with Crippen molar-refractivity contribution in [1.82, 2.24) is 0 Å². The van der Waals surface area contributed by atoms with Crippen molar-refractivity contribution in [3.05, 3.63) is 23.3 Å². The summed E-state index contributed by atoms with van der Waals surface area (Å²) in [5.41, 5.74) is 3.38. The van der Waals surface area contributed by atoms with Crippen LogP contribution in [0.2, 0.25) is 0 Å². The Morgan fingerprint density at radius 1 is 1.25 bits per heavy atom. The predicted octanol–water partition coefficient (Wildman–Crippen LogP) is 4.23. The largest absolute Gasteiger partial charge is 0.468 e. The average Bonchev–Trinajstić information content (AvgIpc) is 2.90. The summed E-state index contributed by atoms with van der Waals surface area (Å²) in [5.74, 6) is 2.16. The van der Waals surface area contributed by atoms with Crippen LogP contribution in [0.1, 0.15) is 58.8 Å². The fourth-order valence-electron chi connectivity index (χ4n) is 6.39. The molecule has 2 saturated carbocycles. The van der Waals surface area contributed by atoms with Gasteiger partial charge in [0.25, 0.3) is 6.47 Å². The average molecular weight is 328 g/mol. The van der Waals surface area contributed by atoms with Crippen LogP contribution < -0.4 is 0 Å². The second-order valence-electron chi connectivity index (χ2n) is 8.79. The molecule has 4 rings (SSSR count). The summed E-state index contributed by atoms with van der Waals surface area (Å²) < 4.78 is 5.14. The first-order valence-electron chi connectivity index (χ1n) is 9.49. The Kier molecular flexibility index (Phi) is 3.74. The van der Waals surface area contributed by atoms with Gasteiger partial charge < -0.3 is 4.74 Å². The van der Waals surface area contributed by atoms with Gasteiger partial charge in [-0.2, -0.15) is 0 Å². The van der Waals surface area contributed by atoms with Crippen LogP contribution in [0.25, 0.3) is 0 Å². The maximum absolute atomic E-state index is 11.9. The third kappa shape index (κ3) is 2.16. The molecule has 0 amide bonds. The van der Waals surface area contributed by atoms with Gasteiger partial charge in [-0.05, 0) is 67.8 Å². The molecular weight excluding hydrogens is 300 g/mol. The molecule has 5 atom stereocenters. The molecule has 0 heterocycles. The van der Waals surface area contributed by atoms with Crippen LogP contribution in [0.4, 0.5) is 0 Å². The molecule has 0 aliphatic heterocycles. The summed E-state index contributed by atoms with van der Waals surface area (Å²) >= 11 is 0. The molecule has 3 nitrogen and oxygen atoms in total. The van der Waals surface area contributed by atoms with Gasteiger partial charge in [-0.15, -0.1) is 0 Å². The summed E-state index contributed by atoms with van der Waals surface area (Å²) in [6.07, 6.45) is 11.9. The van der Waals surface area contributed by atoms with E-state index in [-0.39, 0.29) is 10.8 Å². The van der Waals surface area contributed by atoms with E-state index in [1.807, 2.05) is 6.08 Å². The molecule has 0 spiro atoms. The summed E-state index contributed by atoms with van der Waals surface area (Å²) in [6.45, 7) is 5.95. The van der Waals surface area contributed by atoms with E-state index in [0.717, 1.165) is 19.3 Å². The molecule has 0 aromatic rings. The molecule has 0 aromatic carbocycles. The highest BCUT2D eigenvalue weighted by molar-refractivity contribution is 5.92. The molecule has 4 aliphatic rings. The summed E-state index contributed by atoms with van der Waals surface area (Å²) in [6, 6.07) is 0. The molecule has 130 valence electrons. The topological polar surface area (TPSA) is 43.4 Å². The first kappa shape index (κ1) is 16.1. The maximum Gasteiger partial charge on any atom is 0.293 e. The van der Waals surface area contributed by atoms with E-state index in [0.29, 0.717) is 43.0 Å². The Morgan fingerprint density at radius 2 is 2.08 bits per heavy atom. The van der Waals surface area contributed by atoms with E-state index in [9.17, 15) is 9.59 Å². The lowest BCUT2D eigenvalue weighted by Crippen LogP contribution is -2.45. The zero-order valence-corrected chi connectivity index (χ0v) is 14.8. The molecule has 24 heavy (non-hydrogen) atoms. The highest BCUT2D eigenvalue weighted by Gasteiger charge is 2.55. The Labute approximate surface area is 144 Å². The van der Waals surface area contributed by atoms with E-state index in [4.69, 9.17) is 4.74 Å². The van der Waals surface area contributed by atoms with Crippen LogP contribution in [0.3, 0.4) is 0 Å². The van der Waals surface area contributed by atoms with Gasteiger partial charge in [-0.25, -0.2) is 0 Å². The second kappa shape index (κ2) is 5.57. The standard InChI is InChI=1S/C21H28O3/c1-20-9-7-16(23)11-14(20)3-5-17-18-6-4-15(12-24-13-22)21(18,2)10-8-19(17)20/h8,11,13,15,17-18H,3-7,9-10,12H2,1-2H3. The van der Waals surface area contributed by atoms with E-state index >= 15 is 0 Å². The Bertz CT molecular complexity index is 631. The van der Waals surface area contributed by atoms with Crippen LogP contribution in [0.5, 0.6) is 0 Å². The van der Waals surface area contributed by atoms with Gasteiger partial charge in [0.2, 0.25) is 0 Å². The van der Waals surface area contributed by atoms with Gasteiger partial charge in [0.05, 0.1) is 6.61 Å². The lowest BCUT2D eigenvalue weighted by Gasteiger charge is -2.53. The van der Waals surface area contributed by atoms with Gasteiger partial charge in [0.1, 0.15) is 0 Å². The number of fused-ring (bicyclic) bond motifs is 5. The molecule has 0 bridgehead atoms. The van der Waals surface area contributed by atoms with Crippen molar-refractivity contribution in [2.75, 3.05) is 6.61 Å². The van der Waals surface area contributed by atoms with Crippen molar-refractivity contribution < 1.29 is 14.3 Å². The molecule has 0 aromatic heterocycles. The first-order chi connectivity index (χ1) is 11.5. The van der Waals surface area contributed by atoms with Gasteiger partial charge in [-0.3, -0.25) is 9.59 Å². The minimum Gasteiger partial charge on any atom is -0.468 e. The normalized spacial score (nSPS) is 43.9. The number of hydrogen-bond donors (Lipinski definition) is 0. The molecule has 2 fully saturated rings. The maximum atomic E-state index is 11.9. The van der Waals surface area contributed by atoms with Crippen molar-refractivity contribution in [1.29, 1.82) is 0 Å². The van der Waals surface area contributed by atoms with Crippen molar-refractivity contribution >= 4 is 12.3 Å². The van der Waals surface area contributed by atoms with Crippen molar-refractivity contribution in [2.24, 2.45) is 28.6 Å².